The summed E-state index contributed by atoms with van der Waals surface area (Å²) in [4.78, 5) is 27.6. The average molecular weight is 468 g/mol. The number of carbonyl (C=O) groups is 2. The number of rotatable bonds is 3. The third-order valence-electron chi connectivity index (χ3n) is 5.48. The molecule has 1 aliphatic rings. The third-order valence-corrected chi connectivity index (χ3v) is 6.22. The number of benzene rings is 3. The highest BCUT2D eigenvalue weighted by Crippen LogP contribution is 2.43. The second kappa shape index (κ2) is 8.34. The van der Waals surface area contributed by atoms with E-state index in [1.807, 2.05) is 26.0 Å². The van der Waals surface area contributed by atoms with Gasteiger partial charge in [-0.3, -0.25) is 14.5 Å². The van der Waals surface area contributed by atoms with Gasteiger partial charge < -0.3 is 10.2 Å². The number of ketones is 1. The molecule has 3 aromatic rings. The third kappa shape index (κ3) is 3.74. The number of aliphatic hydroxyl groups excluding tert-OH is 1. The van der Waals surface area contributed by atoms with Crippen molar-refractivity contribution in [3.05, 3.63) is 98.5 Å². The number of carbonyl (C=O) groups excluding carboxylic acids is 2. The maximum absolute atomic E-state index is 13.2. The quantitative estimate of drug-likeness (QED) is 0.283. The molecule has 162 valence electrons. The number of hydrogen-bond acceptors (Lipinski definition) is 4. The van der Waals surface area contributed by atoms with Crippen LogP contribution >= 0.6 is 23.2 Å². The number of hydrogen-bond donors (Lipinski definition) is 2. The van der Waals surface area contributed by atoms with Gasteiger partial charge in [-0.05, 0) is 61.4 Å². The summed E-state index contributed by atoms with van der Waals surface area (Å²) in [6.45, 7) is 3.70. The molecule has 1 aliphatic heterocycles. The fraction of sp³-hybridized carbons (Fsp3) is 0.120. The molecular weight excluding hydrogens is 449 g/mol. The Bertz CT molecular complexity index is 1280. The monoisotopic (exact) mass is 467 g/mol. The fourth-order valence-electron chi connectivity index (χ4n) is 3.84. The van der Waals surface area contributed by atoms with Gasteiger partial charge in [0.15, 0.2) is 0 Å². The number of amides is 1. The maximum Gasteiger partial charge on any atom is 0.300 e. The highest BCUT2D eigenvalue weighted by atomic mass is 35.5. The first-order chi connectivity index (χ1) is 15.2. The molecule has 5 nitrogen and oxygen atoms in total. The number of phenols is 1. The minimum Gasteiger partial charge on any atom is -0.508 e. The van der Waals surface area contributed by atoms with Gasteiger partial charge in [0.05, 0.1) is 21.7 Å². The zero-order valence-corrected chi connectivity index (χ0v) is 18.8. The van der Waals surface area contributed by atoms with Crippen LogP contribution in [0.15, 0.2) is 66.2 Å². The Labute approximate surface area is 195 Å². The van der Waals surface area contributed by atoms with Crippen LogP contribution in [0.5, 0.6) is 5.75 Å². The molecule has 1 heterocycles. The Morgan fingerprint density at radius 2 is 1.59 bits per heavy atom. The number of anilines is 1. The largest absolute Gasteiger partial charge is 0.508 e. The summed E-state index contributed by atoms with van der Waals surface area (Å²) in [5.74, 6) is -1.83. The van der Waals surface area contributed by atoms with Gasteiger partial charge >= 0.3 is 0 Å². The van der Waals surface area contributed by atoms with Crippen LogP contribution in [0.3, 0.4) is 0 Å². The molecule has 0 bridgehead atoms. The number of aryl methyl sites for hydroxylation is 2. The van der Waals surface area contributed by atoms with Crippen LogP contribution in [0.4, 0.5) is 5.69 Å². The summed E-state index contributed by atoms with van der Waals surface area (Å²) < 4.78 is 0. The topological polar surface area (TPSA) is 77.8 Å². The Balaban J connectivity index is 1.99. The first kappa shape index (κ1) is 21.9. The van der Waals surface area contributed by atoms with Crippen LogP contribution in [0.2, 0.25) is 10.0 Å². The minimum absolute atomic E-state index is 0.0368. The number of Topliss-reactive ketones (excluding diaryl/α,β-unsaturated/α-hetero) is 1. The standard InChI is InChI=1S/C25H19Cl2NO4/c1-13-3-4-14(2)18(11-13)23(30)21-22(15-5-8-17(29)9-6-15)28(25(32)24(21)31)16-7-10-19(26)20(27)12-16/h3-12,22,29-30H,1-2H3/b23-21+. The predicted octanol–water partition coefficient (Wildman–Crippen LogP) is 5.94. The molecule has 0 aromatic heterocycles. The van der Waals surface area contributed by atoms with Crippen molar-refractivity contribution < 1.29 is 19.8 Å². The lowest BCUT2D eigenvalue weighted by molar-refractivity contribution is -0.132. The summed E-state index contributed by atoms with van der Waals surface area (Å²) >= 11 is 12.2. The lowest BCUT2D eigenvalue weighted by Crippen LogP contribution is -2.29. The van der Waals surface area contributed by atoms with Gasteiger partial charge in [-0.15, -0.1) is 0 Å². The number of halogens is 2. The van der Waals surface area contributed by atoms with E-state index in [9.17, 15) is 19.8 Å². The van der Waals surface area contributed by atoms with Crippen molar-refractivity contribution in [3.8, 4) is 5.75 Å². The molecule has 1 saturated heterocycles. The maximum atomic E-state index is 13.2. The van der Waals surface area contributed by atoms with Crippen LogP contribution in [0.1, 0.15) is 28.3 Å². The van der Waals surface area contributed by atoms with Crippen molar-refractivity contribution in [3.63, 3.8) is 0 Å². The van der Waals surface area contributed by atoms with Crippen molar-refractivity contribution in [2.75, 3.05) is 4.90 Å². The molecule has 4 rings (SSSR count). The molecule has 1 atom stereocenters. The molecule has 0 aliphatic carbocycles. The summed E-state index contributed by atoms with van der Waals surface area (Å²) in [5, 5.41) is 21.5. The van der Waals surface area contributed by atoms with Gasteiger partial charge in [0, 0.05) is 11.3 Å². The lowest BCUT2D eigenvalue weighted by atomic mass is 9.93. The van der Waals surface area contributed by atoms with E-state index in [4.69, 9.17) is 23.2 Å². The zero-order valence-electron chi connectivity index (χ0n) is 17.3. The smallest absolute Gasteiger partial charge is 0.300 e. The normalized spacial score (nSPS) is 17.8. The molecule has 0 saturated carbocycles. The van der Waals surface area contributed by atoms with Crippen LogP contribution in [0, 0.1) is 13.8 Å². The summed E-state index contributed by atoms with van der Waals surface area (Å²) in [5.41, 5.74) is 3.00. The Morgan fingerprint density at radius 1 is 0.906 bits per heavy atom. The van der Waals surface area contributed by atoms with E-state index >= 15 is 0 Å². The van der Waals surface area contributed by atoms with Gasteiger partial charge in [0.1, 0.15) is 11.5 Å². The van der Waals surface area contributed by atoms with Crippen molar-refractivity contribution >= 4 is 46.3 Å². The predicted molar refractivity (Wildman–Crippen MR) is 125 cm³/mol. The van der Waals surface area contributed by atoms with Crippen LogP contribution < -0.4 is 4.90 Å². The van der Waals surface area contributed by atoms with Gasteiger partial charge in [0.25, 0.3) is 11.7 Å². The molecule has 1 fully saturated rings. The molecule has 32 heavy (non-hydrogen) atoms. The van der Waals surface area contributed by atoms with Crippen molar-refractivity contribution in [2.45, 2.75) is 19.9 Å². The van der Waals surface area contributed by atoms with Crippen molar-refractivity contribution in [1.29, 1.82) is 0 Å². The van der Waals surface area contributed by atoms with E-state index in [1.54, 1.807) is 24.3 Å². The first-order valence-electron chi connectivity index (χ1n) is 9.81. The Hall–Kier alpha value is -3.28. The molecule has 3 aromatic carbocycles. The lowest BCUT2D eigenvalue weighted by Gasteiger charge is -2.26. The summed E-state index contributed by atoms with van der Waals surface area (Å²) in [6, 6.07) is 15.3. The van der Waals surface area contributed by atoms with E-state index < -0.39 is 17.7 Å². The van der Waals surface area contributed by atoms with Gasteiger partial charge in [0.2, 0.25) is 0 Å². The van der Waals surface area contributed by atoms with Gasteiger partial charge in [-0.25, -0.2) is 0 Å². The molecule has 1 amide bonds. The molecule has 0 radical (unpaired) electrons. The molecule has 0 spiro atoms. The molecule has 1 unspecified atom stereocenters. The van der Waals surface area contributed by atoms with E-state index in [0.717, 1.165) is 11.1 Å². The summed E-state index contributed by atoms with van der Waals surface area (Å²) in [7, 11) is 0. The van der Waals surface area contributed by atoms with Gasteiger partial charge in [-0.1, -0.05) is 53.0 Å². The van der Waals surface area contributed by atoms with E-state index in [-0.39, 0.29) is 22.1 Å². The zero-order chi connectivity index (χ0) is 23.2. The SMILES string of the molecule is Cc1ccc(C)c(/C(O)=C2\C(=O)C(=O)N(c3ccc(Cl)c(Cl)c3)C2c2ccc(O)cc2)c1. The van der Waals surface area contributed by atoms with Crippen LogP contribution in [-0.4, -0.2) is 21.9 Å². The number of aliphatic hydroxyl groups is 1. The molecule has 7 heteroatoms. The fourth-order valence-corrected chi connectivity index (χ4v) is 4.13. The molecule has 2 N–H and O–H groups in total. The van der Waals surface area contributed by atoms with Crippen molar-refractivity contribution in [1.82, 2.24) is 0 Å². The number of nitrogens with zero attached hydrogens (tertiary/aromatic N) is 1. The Kier molecular flexibility index (Phi) is 5.71. The Morgan fingerprint density at radius 3 is 2.25 bits per heavy atom. The van der Waals surface area contributed by atoms with E-state index in [1.165, 1.54) is 29.2 Å². The first-order valence-corrected chi connectivity index (χ1v) is 10.6. The van der Waals surface area contributed by atoms with Crippen molar-refractivity contribution in [2.24, 2.45) is 0 Å². The highest BCUT2D eigenvalue weighted by Gasteiger charge is 2.47. The highest BCUT2D eigenvalue weighted by molar-refractivity contribution is 6.52. The second-order valence-corrected chi connectivity index (χ2v) is 8.49. The minimum atomic E-state index is -0.923. The van der Waals surface area contributed by atoms with Crippen LogP contribution in [0.25, 0.3) is 5.76 Å². The number of phenolic OH excluding ortho intramolecular Hbond substituents is 1. The van der Waals surface area contributed by atoms with E-state index in [0.29, 0.717) is 21.8 Å². The second-order valence-electron chi connectivity index (χ2n) is 7.68. The summed E-state index contributed by atoms with van der Waals surface area (Å²) in [6.07, 6.45) is 0. The van der Waals surface area contributed by atoms with E-state index in [2.05, 4.69) is 0 Å². The van der Waals surface area contributed by atoms with Gasteiger partial charge in [-0.2, -0.15) is 0 Å². The van der Waals surface area contributed by atoms with Crippen LogP contribution in [-0.2, 0) is 9.59 Å². The number of aromatic hydroxyl groups is 1. The molecular formula is C25H19Cl2NO4. The average Bonchev–Trinajstić information content (AvgIpc) is 3.02.